The first-order valence-corrected chi connectivity index (χ1v) is 7.84. The fraction of sp³-hybridized carbons (Fsp3) is 0.421. The summed E-state index contributed by atoms with van der Waals surface area (Å²) in [4.78, 5) is 12.3. The van der Waals surface area contributed by atoms with Crippen molar-refractivity contribution >= 4 is 5.97 Å². The molecule has 3 heteroatoms. The largest absolute Gasteiger partial charge is 0.496 e. The molecule has 0 atom stereocenters. The molecule has 0 saturated carbocycles. The Bertz CT molecular complexity index is 644. The number of ether oxygens (including phenoxy) is 2. The van der Waals surface area contributed by atoms with Crippen LogP contribution in [0.2, 0.25) is 0 Å². The van der Waals surface area contributed by atoms with Crippen LogP contribution in [0.1, 0.15) is 55.1 Å². The Labute approximate surface area is 132 Å². The minimum atomic E-state index is -0.268. The van der Waals surface area contributed by atoms with Crippen LogP contribution in [0.15, 0.2) is 24.3 Å². The molecule has 0 N–H and O–H groups in total. The van der Waals surface area contributed by atoms with E-state index in [4.69, 9.17) is 9.47 Å². The van der Waals surface area contributed by atoms with E-state index in [1.807, 2.05) is 19.1 Å². The summed E-state index contributed by atoms with van der Waals surface area (Å²) in [7, 11) is 1.67. The van der Waals surface area contributed by atoms with E-state index in [0.29, 0.717) is 18.1 Å². The van der Waals surface area contributed by atoms with Gasteiger partial charge in [-0.15, -0.1) is 0 Å². The molecule has 0 amide bonds. The second kappa shape index (κ2) is 6.82. The lowest BCUT2D eigenvalue weighted by Gasteiger charge is -2.07. The third kappa shape index (κ3) is 2.94. The molecule has 0 heterocycles. The predicted octanol–water partition coefficient (Wildman–Crippen LogP) is 4.66. The van der Waals surface area contributed by atoms with Gasteiger partial charge in [0, 0.05) is 11.1 Å². The second-order valence-corrected chi connectivity index (χ2v) is 5.65. The van der Waals surface area contributed by atoms with Gasteiger partial charge < -0.3 is 9.47 Å². The van der Waals surface area contributed by atoms with Crippen LogP contribution in [0.3, 0.4) is 0 Å². The first-order chi connectivity index (χ1) is 10.5. The Kier molecular flexibility index (Phi) is 5.07. The zero-order valence-electron chi connectivity index (χ0n) is 14.0. The molecule has 0 radical (unpaired) electrons. The summed E-state index contributed by atoms with van der Waals surface area (Å²) in [5.41, 5.74) is 4.85. The fourth-order valence-electron chi connectivity index (χ4n) is 2.73. The number of carbonyl (C=O) groups is 1. The SMILES string of the molecule is CCOC(=O)c1cc(CC)c2c(OC)ccc(C(C)C)cc1-2. The third-order valence-corrected chi connectivity index (χ3v) is 3.95. The van der Waals surface area contributed by atoms with Crippen LogP contribution >= 0.6 is 0 Å². The molecule has 118 valence electrons. The molecule has 3 nitrogen and oxygen atoms in total. The highest BCUT2D eigenvalue weighted by molar-refractivity contribution is 6.01. The number of fused-ring (bicyclic) bond motifs is 1. The Balaban J connectivity index is 2.75. The van der Waals surface area contributed by atoms with Crippen molar-refractivity contribution in [2.24, 2.45) is 0 Å². The summed E-state index contributed by atoms with van der Waals surface area (Å²) in [6.07, 6.45) is 0.841. The molecule has 0 aromatic carbocycles. The van der Waals surface area contributed by atoms with Gasteiger partial charge in [0.25, 0.3) is 0 Å². The zero-order valence-corrected chi connectivity index (χ0v) is 14.0. The summed E-state index contributed by atoms with van der Waals surface area (Å²) in [5, 5.41) is 0. The highest BCUT2D eigenvalue weighted by atomic mass is 16.5. The van der Waals surface area contributed by atoms with Crippen molar-refractivity contribution in [2.45, 2.75) is 40.0 Å². The van der Waals surface area contributed by atoms with Gasteiger partial charge in [-0.2, -0.15) is 0 Å². The first kappa shape index (κ1) is 16.3. The first-order valence-electron chi connectivity index (χ1n) is 7.84. The van der Waals surface area contributed by atoms with Crippen LogP contribution < -0.4 is 4.74 Å². The molecule has 0 fully saturated rings. The molecule has 0 unspecified atom stereocenters. The van der Waals surface area contributed by atoms with Gasteiger partial charge >= 0.3 is 5.97 Å². The van der Waals surface area contributed by atoms with Gasteiger partial charge in [0.15, 0.2) is 0 Å². The molecule has 2 aliphatic rings. The number of aryl methyl sites for hydroxylation is 1. The summed E-state index contributed by atoms with van der Waals surface area (Å²) >= 11 is 0. The monoisotopic (exact) mass is 300 g/mol. The van der Waals surface area contributed by atoms with Gasteiger partial charge in [0.1, 0.15) is 5.75 Å². The average Bonchev–Trinajstić information content (AvgIpc) is 2.74. The molecule has 2 rings (SSSR count). The van der Waals surface area contributed by atoms with Crippen molar-refractivity contribution in [3.63, 3.8) is 0 Å². The lowest BCUT2D eigenvalue weighted by molar-refractivity contribution is 0.0527. The Morgan fingerprint density at radius 3 is 2.45 bits per heavy atom. The Morgan fingerprint density at radius 2 is 1.91 bits per heavy atom. The van der Waals surface area contributed by atoms with Gasteiger partial charge in [-0.25, -0.2) is 4.79 Å². The topological polar surface area (TPSA) is 35.5 Å². The number of carbonyl (C=O) groups excluding carboxylic acids is 1. The van der Waals surface area contributed by atoms with Crippen LogP contribution in [0.5, 0.6) is 5.75 Å². The molecule has 0 aromatic heterocycles. The van der Waals surface area contributed by atoms with Crippen molar-refractivity contribution in [2.75, 3.05) is 13.7 Å². The average molecular weight is 300 g/mol. The summed E-state index contributed by atoms with van der Waals surface area (Å²) in [6, 6.07) is 8.09. The van der Waals surface area contributed by atoms with E-state index in [0.717, 1.165) is 28.9 Å². The summed E-state index contributed by atoms with van der Waals surface area (Å²) in [5.74, 6) is 0.903. The van der Waals surface area contributed by atoms with Crippen molar-refractivity contribution in [1.29, 1.82) is 0 Å². The Hall–Kier alpha value is -2.03. The van der Waals surface area contributed by atoms with Crippen LogP contribution in [0.4, 0.5) is 0 Å². The third-order valence-electron chi connectivity index (χ3n) is 3.95. The zero-order chi connectivity index (χ0) is 16.3. The summed E-state index contributed by atoms with van der Waals surface area (Å²) in [6.45, 7) is 8.56. The van der Waals surface area contributed by atoms with Crippen molar-refractivity contribution < 1.29 is 14.3 Å². The standard InChI is InChI=1S/C19H24O3/c1-6-13-10-16(19(20)22-7-2)15-11-14(12(3)4)8-9-17(21-5)18(13)15/h8-12H,6-7H2,1-5H3. The number of hydrogen-bond acceptors (Lipinski definition) is 3. The lowest BCUT2D eigenvalue weighted by atomic mass is 10.0. The molecule has 0 spiro atoms. The van der Waals surface area contributed by atoms with Gasteiger partial charge in [-0.3, -0.25) is 0 Å². The van der Waals surface area contributed by atoms with Crippen LogP contribution in [-0.2, 0) is 11.2 Å². The van der Waals surface area contributed by atoms with Gasteiger partial charge in [-0.05, 0) is 48.6 Å². The Morgan fingerprint density at radius 1 is 1.18 bits per heavy atom. The maximum absolute atomic E-state index is 12.3. The molecule has 0 aliphatic heterocycles. The molecule has 22 heavy (non-hydrogen) atoms. The maximum atomic E-state index is 12.3. The van der Waals surface area contributed by atoms with Crippen LogP contribution in [0.25, 0.3) is 11.1 Å². The minimum Gasteiger partial charge on any atom is -0.496 e. The smallest absolute Gasteiger partial charge is 0.338 e. The van der Waals surface area contributed by atoms with E-state index in [2.05, 4.69) is 32.9 Å². The van der Waals surface area contributed by atoms with Crippen molar-refractivity contribution in [3.8, 4) is 16.9 Å². The quantitative estimate of drug-likeness (QED) is 0.753. The van der Waals surface area contributed by atoms with Gasteiger partial charge in [0.05, 0.1) is 19.3 Å². The van der Waals surface area contributed by atoms with E-state index in [1.165, 1.54) is 5.56 Å². The van der Waals surface area contributed by atoms with Crippen molar-refractivity contribution in [3.05, 3.63) is 41.0 Å². The van der Waals surface area contributed by atoms with E-state index >= 15 is 0 Å². The van der Waals surface area contributed by atoms with E-state index in [9.17, 15) is 4.79 Å². The minimum absolute atomic E-state index is 0.268. The molecule has 2 aliphatic carbocycles. The van der Waals surface area contributed by atoms with E-state index in [1.54, 1.807) is 7.11 Å². The van der Waals surface area contributed by atoms with E-state index in [-0.39, 0.29) is 5.97 Å². The number of esters is 1. The highest BCUT2D eigenvalue weighted by Gasteiger charge is 2.24. The predicted molar refractivity (Wildman–Crippen MR) is 89.0 cm³/mol. The molecule has 0 saturated heterocycles. The number of hydrogen-bond donors (Lipinski definition) is 0. The molecular formula is C19H24O3. The van der Waals surface area contributed by atoms with Crippen molar-refractivity contribution in [1.82, 2.24) is 0 Å². The van der Waals surface area contributed by atoms with Crippen LogP contribution in [0, 0.1) is 0 Å². The van der Waals surface area contributed by atoms with E-state index < -0.39 is 0 Å². The van der Waals surface area contributed by atoms with Gasteiger partial charge in [0.2, 0.25) is 0 Å². The van der Waals surface area contributed by atoms with Crippen LogP contribution in [-0.4, -0.2) is 19.7 Å². The lowest BCUT2D eigenvalue weighted by Crippen LogP contribution is -2.04. The normalized spacial score (nSPS) is 11.0. The highest BCUT2D eigenvalue weighted by Crippen LogP contribution is 2.41. The molecule has 0 bridgehead atoms. The van der Waals surface area contributed by atoms with Gasteiger partial charge in [-0.1, -0.05) is 26.8 Å². The molecule has 0 aromatic rings. The number of methoxy groups -OCH3 is 1. The number of rotatable bonds is 5. The molecular weight excluding hydrogens is 276 g/mol. The maximum Gasteiger partial charge on any atom is 0.338 e. The fourth-order valence-corrected chi connectivity index (χ4v) is 2.73. The summed E-state index contributed by atoms with van der Waals surface area (Å²) < 4.78 is 10.8. The second-order valence-electron chi connectivity index (χ2n) is 5.65.